The fourth-order valence-corrected chi connectivity index (χ4v) is 5.01. The van der Waals surface area contributed by atoms with Crippen LogP contribution in [0, 0.1) is 12.8 Å². The van der Waals surface area contributed by atoms with Crippen LogP contribution in [-0.2, 0) is 26.6 Å². The van der Waals surface area contributed by atoms with Gasteiger partial charge >= 0.3 is 5.69 Å². The Morgan fingerprint density at radius 1 is 1.21 bits per heavy atom. The Bertz CT molecular complexity index is 1130. The Morgan fingerprint density at radius 2 is 1.97 bits per heavy atom. The normalized spacial score (nSPS) is 15.0. The zero-order valence-corrected chi connectivity index (χ0v) is 17.7. The lowest BCUT2D eigenvalue weighted by Crippen LogP contribution is -2.40. The van der Waals surface area contributed by atoms with Crippen LogP contribution in [-0.4, -0.2) is 35.4 Å². The Morgan fingerprint density at radius 3 is 2.62 bits per heavy atom. The SMILES string of the molecule is Cc1csc(Cn2c(CC3CCCC3)nc3c2c(=O)n(CCCO)c(=O)n3C)n1. The highest BCUT2D eigenvalue weighted by Crippen LogP contribution is 2.29. The lowest BCUT2D eigenvalue weighted by Gasteiger charge is -2.12. The summed E-state index contributed by atoms with van der Waals surface area (Å²) < 4.78 is 4.63. The molecule has 0 aromatic carbocycles. The van der Waals surface area contributed by atoms with E-state index in [1.807, 2.05) is 16.9 Å². The zero-order chi connectivity index (χ0) is 20.5. The summed E-state index contributed by atoms with van der Waals surface area (Å²) in [5, 5.41) is 12.1. The van der Waals surface area contributed by atoms with Crippen molar-refractivity contribution in [2.75, 3.05) is 6.61 Å². The van der Waals surface area contributed by atoms with Gasteiger partial charge in [0.15, 0.2) is 11.2 Å². The Hall–Kier alpha value is -2.26. The minimum absolute atomic E-state index is 0.0712. The van der Waals surface area contributed by atoms with Gasteiger partial charge in [0.1, 0.15) is 10.8 Å². The van der Waals surface area contributed by atoms with E-state index >= 15 is 0 Å². The number of imidazole rings is 1. The van der Waals surface area contributed by atoms with Gasteiger partial charge in [-0.2, -0.15) is 0 Å². The van der Waals surface area contributed by atoms with E-state index in [0.29, 0.717) is 30.0 Å². The van der Waals surface area contributed by atoms with Crippen molar-refractivity contribution in [1.29, 1.82) is 0 Å². The van der Waals surface area contributed by atoms with E-state index in [1.165, 1.54) is 34.8 Å². The van der Waals surface area contributed by atoms with Gasteiger partial charge in [-0.05, 0) is 19.3 Å². The predicted molar refractivity (Wildman–Crippen MR) is 113 cm³/mol. The molecule has 0 spiro atoms. The molecule has 1 saturated carbocycles. The summed E-state index contributed by atoms with van der Waals surface area (Å²) in [5.74, 6) is 1.42. The number of aryl methyl sites for hydroxylation is 2. The van der Waals surface area contributed by atoms with Crippen LogP contribution in [0.4, 0.5) is 0 Å². The van der Waals surface area contributed by atoms with Crippen molar-refractivity contribution in [3.05, 3.63) is 42.7 Å². The van der Waals surface area contributed by atoms with Gasteiger partial charge in [0, 0.05) is 37.7 Å². The van der Waals surface area contributed by atoms with Crippen LogP contribution in [0.1, 0.15) is 48.6 Å². The summed E-state index contributed by atoms with van der Waals surface area (Å²) >= 11 is 1.57. The van der Waals surface area contributed by atoms with Crippen molar-refractivity contribution in [3.63, 3.8) is 0 Å². The van der Waals surface area contributed by atoms with Crippen LogP contribution in [0.25, 0.3) is 11.2 Å². The summed E-state index contributed by atoms with van der Waals surface area (Å²) in [4.78, 5) is 35.3. The third kappa shape index (κ3) is 3.81. The molecule has 29 heavy (non-hydrogen) atoms. The lowest BCUT2D eigenvalue weighted by molar-refractivity contribution is 0.277. The van der Waals surface area contributed by atoms with E-state index in [4.69, 9.17) is 10.1 Å². The number of thiazole rings is 1. The summed E-state index contributed by atoms with van der Waals surface area (Å²) in [6.45, 7) is 2.55. The van der Waals surface area contributed by atoms with Gasteiger partial charge in [-0.25, -0.2) is 14.8 Å². The second-order valence-electron chi connectivity index (χ2n) is 7.90. The Balaban J connectivity index is 1.89. The molecule has 8 nitrogen and oxygen atoms in total. The molecule has 1 aliphatic carbocycles. The van der Waals surface area contributed by atoms with Gasteiger partial charge in [0.25, 0.3) is 5.56 Å². The van der Waals surface area contributed by atoms with Crippen molar-refractivity contribution >= 4 is 22.5 Å². The fraction of sp³-hybridized carbons (Fsp3) is 0.600. The molecule has 0 bridgehead atoms. The first-order chi connectivity index (χ1) is 14.0. The smallest absolute Gasteiger partial charge is 0.332 e. The van der Waals surface area contributed by atoms with E-state index < -0.39 is 5.69 Å². The second-order valence-corrected chi connectivity index (χ2v) is 8.84. The Kier molecular flexibility index (Phi) is 5.69. The van der Waals surface area contributed by atoms with Crippen LogP contribution in [0.3, 0.4) is 0 Å². The number of aliphatic hydroxyl groups is 1. The molecule has 0 aliphatic heterocycles. The zero-order valence-electron chi connectivity index (χ0n) is 16.9. The molecule has 0 amide bonds. The first kappa shape index (κ1) is 20.0. The number of fused-ring (bicyclic) bond motifs is 1. The van der Waals surface area contributed by atoms with Crippen LogP contribution in [0.15, 0.2) is 15.0 Å². The van der Waals surface area contributed by atoms with Gasteiger partial charge in [0.2, 0.25) is 0 Å². The number of hydrogen-bond acceptors (Lipinski definition) is 6. The van der Waals surface area contributed by atoms with Crippen molar-refractivity contribution in [2.45, 2.75) is 58.5 Å². The first-order valence-corrected chi connectivity index (χ1v) is 11.1. The number of rotatable bonds is 7. The number of hydrogen-bond donors (Lipinski definition) is 1. The van der Waals surface area contributed by atoms with E-state index in [-0.39, 0.29) is 18.7 Å². The number of aromatic nitrogens is 5. The molecular weight excluding hydrogens is 390 g/mol. The standard InChI is InChI=1S/C20H27N5O3S/c1-13-12-29-16(21-13)11-25-15(10-14-6-3-4-7-14)22-18-17(25)19(27)24(8-5-9-26)20(28)23(18)2/h12,14,26H,3-11H2,1-2H3. The maximum absolute atomic E-state index is 13.3. The molecule has 3 aromatic heterocycles. The molecule has 1 N–H and O–H groups in total. The molecule has 3 aromatic rings. The van der Waals surface area contributed by atoms with Gasteiger partial charge in [-0.1, -0.05) is 25.7 Å². The number of aliphatic hydroxyl groups excluding tert-OH is 1. The minimum Gasteiger partial charge on any atom is -0.396 e. The molecule has 0 saturated heterocycles. The highest BCUT2D eigenvalue weighted by atomic mass is 32.1. The highest BCUT2D eigenvalue weighted by molar-refractivity contribution is 7.09. The van der Waals surface area contributed by atoms with Crippen molar-refractivity contribution in [1.82, 2.24) is 23.7 Å². The monoisotopic (exact) mass is 417 g/mol. The van der Waals surface area contributed by atoms with Gasteiger partial charge < -0.3 is 9.67 Å². The molecule has 3 heterocycles. The third-order valence-corrected chi connectivity index (χ3v) is 6.71. The van der Waals surface area contributed by atoms with Crippen LogP contribution < -0.4 is 11.2 Å². The molecule has 0 radical (unpaired) electrons. The molecule has 9 heteroatoms. The van der Waals surface area contributed by atoms with Crippen LogP contribution in [0.2, 0.25) is 0 Å². The molecule has 0 unspecified atom stereocenters. The maximum atomic E-state index is 13.3. The largest absolute Gasteiger partial charge is 0.396 e. The molecule has 156 valence electrons. The average Bonchev–Trinajstić information content (AvgIpc) is 3.42. The van der Waals surface area contributed by atoms with Crippen LogP contribution >= 0.6 is 11.3 Å². The lowest BCUT2D eigenvalue weighted by atomic mass is 10.0. The average molecular weight is 418 g/mol. The first-order valence-electron chi connectivity index (χ1n) is 10.2. The molecule has 1 fully saturated rings. The summed E-state index contributed by atoms with van der Waals surface area (Å²) in [5.41, 5.74) is 1.11. The summed E-state index contributed by atoms with van der Waals surface area (Å²) in [6.07, 6.45) is 6.00. The van der Waals surface area contributed by atoms with E-state index in [1.54, 1.807) is 18.4 Å². The Labute approximate surface area is 172 Å². The highest BCUT2D eigenvalue weighted by Gasteiger charge is 2.24. The molecule has 1 aliphatic rings. The maximum Gasteiger partial charge on any atom is 0.332 e. The van der Waals surface area contributed by atoms with Crippen molar-refractivity contribution in [3.8, 4) is 0 Å². The third-order valence-electron chi connectivity index (χ3n) is 5.76. The quantitative estimate of drug-likeness (QED) is 0.633. The number of nitrogens with zero attached hydrogens (tertiary/aromatic N) is 5. The van der Waals surface area contributed by atoms with E-state index in [2.05, 4.69) is 4.98 Å². The van der Waals surface area contributed by atoms with E-state index in [9.17, 15) is 9.59 Å². The fourth-order valence-electron chi connectivity index (χ4n) is 4.25. The van der Waals surface area contributed by atoms with Gasteiger partial charge in [-0.15, -0.1) is 11.3 Å². The topological polar surface area (TPSA) is 94.9 Å². The minimum atomic E-state index is -0.391. The van der Waals surface area contributed by atoms with Crippen molar-refractivity contribution in [2.24, 2.45) is 13.0 Å². The van der Waals surface area contributed by atoms with E-state index in [0.717, 1.165) is 22.9 Å². The molecule has 0 atom stereocenters. The predicted octanol–water partition coefficient (Wildman–Crippen LogP) is 1.83. The second kappa shape index (κ2) is 8.23. The van der Waals surface area contributed by atoms with Gasteiger partial charge in [-0.3, -0.25) is 13.9 Å². The molecular formula is C20H27N5O3S. The van der Waals surface area contributed by atoms with Gasteiger partial charge in [0.05, 0.1) is 6.54 Å². The summed E-state index contributed by atoms with van der Waals surface area (Å²) in [6, 6.07) is 0. The molecule has 4 rings (SSSR count). The summed E-state index contributed by atoms with van der Waals surface area (Å²) in [7, 11) is 1.66. The van der Waals surface area contributed by atoms with Crippen molar-refractivity contribution < 1.29 is 5.11 Å². The van der Waals surface area contributed by atoms with Crippen LogP contribution in [0.5, 0.6) is 0 Å².